The van der Waals surface area contributed by atoms with Crippen molar-refractivity contribution in [2.24, 2.45) is 0 Å². The van der Waals surface area contributed by atoms with Gasteiger partial charge in [-0.25, -0.2) is 9.97 Å². The number of hydrogen-bond donors (Lipinski definition) is 1. The number of anilines is 1. The average Bonchev–Trinajstić information content (AvgIpc) is 3.48. The van der Waals surface area contributed by atoms with Gasteiger partial charge >= 0.3 is 0 Å². The maximum atomic E-state index is 12.5. The summed E-state index contributed by atoms with van der Waals surface area (Å²) in [6.45, 7) is 0. The molecule has 7 heteroatoms. The summed E-state index contributed by atoms with van der Waals surface area (Å²) in [4.78, 5) is 21.1. The summed E-state index contributed by atoms with van der Waals surface area (Å²) in [5.41, 5.74) is 2.57. The van der Waals surface area contributed by atoms with Gasteiger partial charge in [-0.2, -0.15) is 0 Å². The van der Waals surface area contributed by atoms with Gasteiger partial charge in [-0.05, 0) is 48.5 Å². The summed E-state index contributed by atoms with van der Waals surface area (Å²) in [6.07, 6.45) is 5.30. The topological polar surface area (TPSA) is 73.0 Å². The largest absolute Gasteiger partial charge is 0.448 e. The highest BCUT2D eigenvalue weighted by Gasteiger charge is 2.15. The Morgan fingerprint density at radius 2 is 1.89 bits per heavy atom. The van der Waals surface area contributed by atoms with E-state index in [4.69, 9.17) is 4.42 Å². The number of hydrogen-bond acceptors (Lipinski definition) is 5. The summed E-state index contributed by atoms with van der Waals surface area (Å²) in [5, 5.41) is 3.60. The smallest absolute Gasteiger partial charge is 0.291 e. The minimum absolute atomic E-state index is 0.243. The molecule has 136 valence electrons. The molecule has 0 radical (unpaired) electrons. The van der Waals surface area contributed by atoms with Crippen LogP contribution in [0, 0.1) is 0 Å². The Hall–Kier alpha value is -3.71. The monoisotopic (exact) mass is 386 g/mol. The minimum Gasteiger partial charge on any atom is -0.448 e. The lowest BCUT2D eigenvalue weighted by molar-refractivity contribution is 0.0997. The molecule has 1 amide bonds. The van der Waals surface area contributed by atoms with Crippen LogP contribution >= 0.6 is 11.3 Å². The molecule has 0 saturated heterocycles. The molecule has 6 nitrogen and oxygen atoms in total. The second kappa shape index (κ2) is 6.79. The Balaban J connectivity index is 1.33. The van der Waals surface area contributed by atoms with Crippen molar-refractivity contribution in [1.29, 1.82) is 0 Å². The molecule has 0 aliphatic rings. The van der Waals surface area contributed by atoms with E-state index in [0.717, 1.165) is 20.9 Å². The SMILES string of the molecule is O=C(Nc1ccc(-n2ccnc2)cc1)c1ccc(-c2nc3ccccc3s2)o1. The molecule has 2 aromatic carbocycles. The van der Waals surface area contributed by atoms with Gasteiger partial charge in [0, 0.05) is 23.8 Å². The highest BCUT2D eigenvalue weighted by Crippen LogP contribution is 2.31. The summed E-state index contributed by atoms with van der Waals surface area (Å²) < 4.78 is 8.71. The molecule has 0 atom stereocenters. The van der Waals surface area contributed by atoms with Crippen molar-refractivity contribution in [1.82, 2.24) is 14.5 Å². The number of rotatable bonds is 4. The van der Waals surface area contributed by atoms with Gasteiger partial charge in [0.05, 0.1) is 16.5 Å². The van der Waals surface area contributed by atoms with E-state index in [1.165, 1.54) is 11.3 Å². The predicted molar refractivity (Wildman–Crippen MR) is 109 cm³/mol. The van der Waals surface area contributed by atoms with Crippen molar-refractivity contribution < 1.29 is 9.21 Å². The predicted octanol–water partition coefficient (Wildman–Crippen LogP) is 4.99. The number of para-hydroxylation sites is 1. The molecule has 0 spiro atoms. The first-order valence-corrected chi connectivity index (χ1v) is 9.43. The van der Waals surface area contributed by atoms with Crippen molar-refractivity contribution in [3.05, 3.63) is 85.1 Å². The molecule has 1 N–H and O–H groups in total. The van der Waals surface area contributed by atoms with E-state index < -0.39 is 0 Å². The van der Waals surface area contributed by atoms with Crippen LogP contribution in [0.5, 0.6) is 0 Å². The van der Waals surface area contributed by atoms with Gasteiger partial charge in [0.1, 0.15) is 0 Å². The maximum Gasteiger partial charge on any atom is 0.291 e. The first-order chi connectivity index (χ1) is 13.8. The fraction of sp³-hybridized carbons (Fsp3) is 0. The Bertz CT molecular complexity index is 1220. The van der Waals surface area contributed by atoms with E-state index >= 15 is 0 Å². The number of furan rings is 1. The van der Waals surface area contributed by atoms with Crippen LogP contribution in [-0.2, 0) is 0 Å². The lowest BCUT2D eigenvalue weighted by Gasteiger charge is -2.05. The zero-order valence-electron chi connectivity index (χ0n) is 14.6. The molecule has 3 aromatic heterocycles. The van der Waals surface area contributed by atoms with Crippen LogP contribution < -0.4 is 5.32 Å². The molecule has 0 saturated carbocycles. The Kier molecular flexibility index (Phi) is 3.99. The van der Waals surface area contributed by atoms with E-state index in [0.29, 0.717) is 11.4 Å². The minimum atomic E-state index is -0.303. The van der Waals surface area contributed by atoms with Crippen LogP contribution in [0.1, 0.15) is 10.6 Å². The zero-order chi connectivity index (χ0) is 18.9. The standard InChI is InChI=1S/C21H14N4O2S/c26-20(23-14-5-7-15(8-6-14)25-12-11-22-13-25)17-9-10-18(27-17)21-24-16-3-1-2-4-19(16)28-21/h1-13H,(H,23,26). The Morgan fingerprint density at radius 3 is 2.68 bits per heavy atom. The fourth-order valence-electron chi connectivity index (χ4n) is 2.87. The van der Waals surface area contributed by atoms with Crippen LogP contribution in [-0.4, -0.2) is 20.4 Å². The molecule has 28 heavy (non-hydrogen) atoms. The first kappa shape index (κ1) is 16.5. The highest BCUT2D eigenvalue weighted by molar-refractivity contribution is 7.21. The third-order valence-electron chi connectivity index (χ3n) is 4.26. The van der Waals surface area contributed by atoms with Crippen LogP contribution in [0.15, 0.2) is 83.8 Å². The van der Waals surface area contributed by atoms with E-state index in [1.807, 2.05) is 59.3 Å². The number of aromatic nitrogens is 3. The zero-order valence-corrected chi connectivity index (χ0v) is 15.4. The summed E-state index contributed by atoms with van der Waals surface area (Å²) >= 11 is 1.54. The van der Waals surface area contributed by atoms with E-state index in [9.17, 15) is 4.79 Å². The molecule has 0 aliphatic heterocycles. The number of carbonyl (C=O) groups is 1. The molecule has 0 aliphatic carbocycles. The molecule has 0 bridgehead atoms. The third kappa shape index (κ3) is 3.08. The van der Waals surface area contributed by atoms with Gasteiger partial charge in [-0.1, -0.05) is 12.1 Å². The number of imidazole rings is 1. The van der Waals surface area contributed by atoms with E-state index in [1.54, 1.807) is 24.7 Å². The Labute approximate surface area is 164 Å². The molecule has 0 fully saturated rings. The number of nitrogens with one attached hydrogen (secondary N) is 1. The van der Waals surface area contributed by atoms with Crippen LogP contribution in [0.25, 0.3) is 26.7 Å². The molecular weight excluding hydrogens is 372 g/mol. The van der Waals surface area contributed by atoms with Crippen molar-refractivity contribution in [2.45, 2.75) is 0 Å². The summed E-state index contributed by atoms with van der Waals surface area (Å²) in [7, 11) is 0. The third-order valence-corrected chi connectivity index (χ3v) is 5.31. The van der Waals surface area contributed by atoms with Crippen molar-refractivity contribution in [3.63, 3.8) is 0 Å². The molecule has 3 heterocycles. The van der Waals surface area contributed by atoms with E-state index in [2.05, 4.69) is 15.3 Å². The lowest BCUT2D eigenvalue weighted by Crippen LogP contribution is -2.10. The van der Waals surface area contributed by atoms with Gasteiger partial charge in [0.25, 0.3) is 5.91 Å². The quantitative estimate of drug-likeness (QED) is 0.472. The molecule has 5 aromatic rings. The van der Waals surface area contributed by atoms with Crippen molar-refractivity contribution >= 4 is 33.1 Å². The first-order valence-electron chi connectivity index (χ1n) is 8.62. The summed E-state index contributed by atoms with van der Waals surface area (Å²) in [6, 6.07) is 18.8. The number of amides is 1. The van der Waals surface area contributed by atoms with Crippen molar-refractivity contribution in [2.75, 3.05) is 5.32 Å². The number of fused-ring (bicyclic) bond motifs is 1. The maximum absolute atomic E-state index is 12.5. The summed E-state index contributed by atoms with van der Waals surface area (Å²) in [5.74, 6) is 0.525. The highest BCUT2D eigenvalue weighted by atomic mass is 32.1. The molecule has 0 unspecified atom stereocenters. The molecular formula is C21H14N4O2S. The van der Waals surface area contributed by atoms with E-state index in [-0.39, 0.29) is 11.7 Å². The Morgan fingerprint density at radius 1 is 1.04 bits per heavy atom. The van der Waals surface area contributed by atoms with Gasteiger partial charge in [0.15, 0.2) is 16.5 Å². The van der Waals surface area contributed by atoms with Crippen molar-refractivity contribution in [3.8, 4) is 16.5 Å². The molecule has 5 rings (SSSR count). The van der Waals surface area contributed by atoms with Crippen LogP contribution in [0.3, 0.4) is 0 Å². The second-order valence-corrected chi connectivity index (χ2v) is 7.15. The average molecular weight is 386 g/mol. The number of nitrogens with zero attached hydrogens (tertiary/aromatic N) is 3. The normalized spacial score (nSPS) is 11.0. The second-order valence-electron chi connectivity index (χ2n) is 6.12. The van der Waals surface area contributed by atoms with Crippen LogP contribution in [0.4, 0.5) is 5.69 Å². The number of benzene rings is 2. The number of thiazole rings is 1. The van der Waals surface area contributed by atoms with Gasteiger partial charge in [0.2, 0.25) is 0 Å². The van der Waals surface area contributed by atoms with Gasteiger partial charge in [-0.15, -0.1) is 11.3 Å². The van der Waals surface area contributed by atoms with Gasteiger partial charge in [-0.3, -0.25) is 4.79 Å². The number of carbonyl (C=O) groups excluding carboxylic acids is 1. The fourth-order valence-corrected chi connectivity index (χ4v) is 3.80. The van der Waals surface area contributed by atoms with Crippen LogP contribution in [0.2, 0.25) is 0 Å². The van der Waals surface area contributed by atoms with Gasteiger partial charge < -0.3 is 14.3 Å². The lowest BCUT2D eigenvalue weighted by atomic mass is 10.2.